The molecule has 2 atom stereocenters. The van der Waals surface area contributed by atoms with Gasteiger partial charge in [-0.15, -0.1) is 0 Å². The van der Waals surface area contributed by atoms with Crippen LogP contribution in [0.25, 0.3) is 5.57 Å². The molecule has 0 fully saturated rings. The topological polar surface area (TPSA) is 0 Å². The SMILES string of the molecule is C1=CC2CC1C1=C2c2ccccc2C1. The summed E-state index contributed by atoms with van der Waals surface area (Å²) in [6.45, 7) is 0. The second-order valence-electron chi connectivity index (χ2n) is 4.61. The molecule has 0 heteroatoms. The third kappa shape index (κ3) is 0.672. The van der Waals surface area contributed by atoms with Crippen molar-refractivity contribution in [3.8, 4) is 0 Å². The van der Waals surface area contributed by atoms with E-state index in [1.54, 1.807) is 22.3 Å². The maximum absolute atomic E-state index is 2.41. The normalized spacial score (nSPS) is 31.1. The first-order valence-electron chi connectivity index (χ1n) is 5.43. The first kappa shape index (κ1) is 7.05. The summed E-state index contributed by atoms with van der Waals surface area (Å²) in [5.41, 5.74) is 6.49. The predicted molar refractivity (Wildman–Crippen MR) is 57.8 cm³/mol. The van der Waals surface area contributed by atoms with Crippen LogP contribution in [0.15, 0.2) is 42.0 Å². The largest absolute Gasteiger partial charge is 0.0807 e. The minimum Gasteiger partial charge on any atom is -0.0807 e. The Hall–Kier alpha value is -1.30. The molecule has 0 aromatic heterocycles. The van der Waals surface area contributed by atoms with Gasteiger partial charge in [-0.05, 0) is 35.5 Å². The summed E-state index contributed by atoms with van der Waals surface area (Å²) < 4.78 is 0. The summed E-state index contributed by atoms with van der Waals surface area (Å²) in [5, 5.41) is 0. The molecule has 0 nitrogen and oxygen atoms in total. The molecule has 3 aliphatic carbocycles. The highest BCUT2D eigenvalue weighted by Crippen LogP contribution is 2.53. The summed E-state index contributed by atoms with van der Waals surface area (Å²) in [6.07, 6.45) is 7.40. The number of hydrogen-bond donors (Lipinski definition) is 0. The van der Waals surface area contributed by atoms with Gasteiger partial charge in [0.15, 0.2) is 0 Å². The molecule has 0 aliphatic heterocycles. The zero-order chi connectivity index (χ0) is 9.12. The average molecular weight is 180 g/mol. The standard InChI is InChI=1S/C14H12/c1-2-4-12-9(3-1)8-13-10-5-6-11(7-10)14(12)13/h1-6,10-11H,7-8H2. The quantitative estimate of drug-likeness (QED) is 0.538. The van der Waals surface area contributed by atoms with E-state index in [9.17, 15) is 0 Å². The van der Waals surface area contributed by atoms with Crippen molar-refractivity contribution in [2.24, 2.45) is 11.8 Å². The summed E-state index contributed by atoms with van der Waals surface area (Å²) >= 11 is 0. The van der Waals surface area contributed by atoms with Crippen molar-refractivity contribution in [3.05, 3.63) is 53.1 Å². The molecule has 4 rings (SSSR count). The van der Waals surface area contributed by atoms with Crippen molar-refractivity contribution in [3.63, 3.8) is 0 Å². The van der Waals surface area contributed by atoms with Gasteiger partial charge in [-0.25, -0.2) is 0 Å². The molecule has 1 aromatic rings. The molecule has 0 N–H and O–H groups in total. The lowest BCUT2D eigenvalue weighted by molar-refractivity contribution is 0.702. The fourth-order valence-corrected chi connectivity index (χ4v) is 3.35. The maximum Gasteiger partial charge on any atom is 0.00328 e. The highest BCUT2D eigenvalue weighted by atomic mass is 14.4. The Morgan fingerprint density at radius 1 is 1.00 bits per heavy atom. The molecular weight excluding hydrogens is 168 g/mol. The van der Waals surface area contributed by atoms with Gasteiger partial charge in [0, 0.05) is 5.92 Å². The van der Waals surface area contributed by atoms with Gasteiger partial charge in [-0.2, -0.15) is 0 Å². The molecule has 2 unspecified atom stereocenters. The smallest absolute Gasteiger partial charge is 0.00328 e. The van der Waals surface area contributed by atoms with Crippen molar-refractivity contribution in [2.75, 3.05) is 0 Å². The lowest BCUT2D eigenvalue weighted by atomic mass is 9.96. The third-order valence-electron chi connectivity index (χ3n) is 3.94. The molecule has 0 saturated carbocycles. The van der Waals surface area contributed by atoms with E-state index in [1.807, 2.05) is 0 Å². The summed E-state index contributed by atoms with van der Waals surface area (Å²) in [4.78, 5) is 0. The van der Waals surface area contributed by atoms with Crippen LogP contribution in [0, 0.1) is 11.8 Å². The van der Waals surface area contributed by atoms with Crippen molar-refractivity contribution < 1.29 is 0 Å². The Kier molecular flexibility index (Phi) is 1.11. The first-order valence-corrected chi connectivity index (χ1v) is 5.43. The van der Waals surface area contributed by atoms with Crippen LogP contribution in [0.3, 0.4) is 0 Å². The zero-order valence-electron chi connectivity index (χ0n) is 8.03. The molecule has 1 aromatic carbocycles. The molecule has 0 amide bonds. The van der Waals surface area contributed by atoms with E-state index >= 15 is 0 Å². The molecule has 0 radical (unpaired) electrons. The monoisotopic (exact) mass is 180 g/mol. The number of rotatable bonds is 0. The average Bonchev–Trinajstić information content (AvgIpc) is 2.88. The lowest BCUT2D eigenvalue weighted by Gasteiger charge is -2.08. The molecular formula is C14H12. The van der Waals surface area contributed by atoms with Crippen LogP contribution < -0.4 is 0 Å². The second kappa shape index (κ2) is 2.20. The molecule has 3 aliphatic rings. The maximum atomic E-state index is 2.41. The van der Waals surface area contributed by atoms with Crippen LogP contribution >= 0.6 is 0 Å². The number of allylic oxidation sites excluding steroid dienone is 4. The fourth-order valence-electron chi connectivity index (χ4n) is 3.35. The summed E-state index contributed by atoms with van der Waals surface area (Å²) in [6, 6.07) is 8.92. The van der Waals surface area contributed by atoms with Crippen LogP contribution in [-0.4, -0.2) is 0 Å². The number of fused-ring (bicyclic) bond motifs is 6. The van der Waals surface area contributed by atoms with Crippen LogP contribution in [0.1, 0.15) is 17.5 Å². The molecule has 0 saturated heterocycles. The lowest BCUT2D eigenvalue weighted by Crippen LogP contribution is -1.95. The third-order valence-corrected chi connectivity index (χ3v) is 3.94. The van der Waals surface area contributed by atoms with Gasteiger partial charge in [0.2, 0.25) is 0 Å². The van der Waals surface area contributed by atoms with Gasteiger partial charge in [-0.3, -0.25) is 0 Å². The Morgan fingerprint density at radius 2 is 1.86 bits per heavy atom. The van der Waals surface area contributed by atoms with Gasteiger partial charge in [0.1, 0.15) is 0 Å². The van der Waals surface area contributed by atoms with E-state index in [0.717, 1.165) is 11.8 Å². The molecule has 14 heavy (non-hydrogen) atoms. The van der Waals surface area contributed by atoms with Gasteiger partial charge in [0.05, 0.1) is 0 Å². The Labute approximate surface area is 84.0 Å². The van der Waals surface area contributed by atoms with E-state index in [-0.39, 0.29) is 0 Å². The van der Waals surface area contributed by atoms with Crippen molar-refractivity contribution in [2.45, 2.75) is 12.8 Å². The van der Waals surface area contributed by atoms with Crippen LogP contribution in [0.4, 0.5) is 0 Å². The van der Waals surface area contributed by atoms with E-state index in [2.05, 4.69) is 36.4 Å². The highest BCUT2D eigenvalue weighted by molar-refractivity contribution is 5.82. The molecule has 0 spiro atoms. The van der Waals surface area contributed by atoms with Gasteiger partial charge in [0.25, 0.3) is 0 Å². The number of hydrogen-bond acceptors (Lipinski definition) is 0. The summed E-state index contributed by atoms with van der Waals surface area (Å²) in [5.74, 6) is 1.53. The van der Waals surface area contributed by atoms with E-state index in [1.165, 1.54) is 12.8 Å². The zero-order valence-corrected chi connectivity index (χ0v) is 8.03. The predicted octanol–water partition coefficient (Wildman–Crippen LogP) is 3.20. The van der Waals surface area contributed by atoms with Crippen LogP contribution in [0.2, 0.25) is 0 Å². The first-order chi connectivity index (χ1) is 6.93. The van der Waals surface area contributed by atoms with E-state index < -0.39 is 0 Å². The minimum absolute atomic E-state index is 0.749. The van der Waals surface area contributed by atoms with Crippen molar-refractivity contribution >= 4 is 5.57 Å². The Balaban J connectivity index is 1.96. The van der Waals surface area contributed by atoms with Gasteiger partial charge < -0.3 is 0 Å². The molecule has 2 bridgehead atoms. The van der Waals surface area contributed by atoms with E-state index in [4.69, 9.17) is 0 Å². The molecule has 68 valence electrons. The number of benzene rings is 1. The minimum atomic E-state index is 0.749. The molecule has 0 heterocycles. The highest BCUT2D eigenvalue weighted by Gasteiger charge is 2.39. The Morgan fingerprint density at radius 3 is 2.86 bits per heavy atom. The summed E-state index contributed by atoms with van der Waals surface area (Å²) in [7, 11) is 0. The van der Waals surface area contributed by atoms with Crippen LogP contribution in [-0.2, 0) is 6.42 Å². The Bertz CT molecular complexity index is 477. The van der Waals surface area contributed by atoms with Crippen molar-refractivity contribution in [1.82, 2.24) is 0 Å². The van der Waals surface area contributed by atoms with Crippen LogP contribution in [0.5, 0.6) is 0 Å². The van der Waals surface area contributed by atoms with Gasteiger partial charge in [-0.1, -0.05) is 42.0 Å². The van der Waals surface area contributed by atoms with E-state index in [0.29, 0.717) is 0 Å². The second-order valence-corrected chi connectivity index (χ2v) is 4.61. The fraction of sp³-hybridized carbons (Fsp3) is 0.286. The van der Waals surface area contributed by atoms with Crippen molar-refractivity contribution in [1.29, 1.82) is 0 Å². The van der Waals surface area contributed by atoms with Gasteiger partial charge >= 0.3 is 0 Å².